The first kappa shape index (κ1) is 14.5. The molecule has 3 rings (SSSR count). The van der Waals surface area contributed by atoms with Gasteiger partial charge < -0.3 is 5.32 Å². The summed E-state index contributed by atoms with van der Waals surface area (Å²) < 4.78 is 1.94. The molecule has 0 radical (unpaired) electrons. The van der Waals surface area contributed by atoms with Crippen LogP contribution in [0, 0.1) is 0 Å². The largest absolute Gasteiger partial charge is 0.352 e. The molecule has 1 aliphatic rings. The second-order valence-corrected chi connectivity index (χ2v) is 6.85. The van der Waals surface area contributed by atoms with E-state index in [1.165, 1.54) is 11.8 Å². The fraction of sp³-hybridized carbons (Fsp3) is 0.333. The van der Waals surface area contributed by atoms with Crippen molar-refractivity contribution in [2.75, 3.05) is 0 Å². The zero-order chi connectivity index (χ0) is 14.8. The fourth-order valence-corrected chi connectivity index (χ4v) is 3.03. The van der Waals surface area contributed by atoms with Gasteiger partial charge in [0.1, 0.15) is 0 Å². The lowest BCUT2D eigenvalue weighted by molar-refractivity contribution is -0.120. The first-order chi connectivity index (χ1) is 10.1. The molecule has 1 aliphatic carbocycles. The molecule has 6 heteroatoms. The molecule has 1 atom stereocenters. The predicted molar refractivity (Wildman–Crippen MR) is 85.1 cm³/mol. The topological polar surface area (TPSA) is 46.9 Å². The van der Waals surface area contributed by atoms with Crippen molar-refractivity contribution >= 4 is 29.3 Å². The summed E-state index contributed by atoms with van der Waals surface area (Å²) in [7, 11) is 0. The third-order valence-corrected chi connectivity index (χ3v) is 4.58. The number of imidazole rings is 1. The number of hydrogen-bond acceptors (Lipinski definition) is 3. The van der Waals surface area contributed by atoms with Crippen LogP contribution in [0.2, 0.25) is 5.02 Å². The van der Waals surface area contributed by atoms with Gasteiger partial charge in [-0.2, -0.15) is 0 Å². The molecule has 1 saturated carbocycles. The molecule has 0 spiro atoms. The Bertz CT molecular complexity index is 654. The molecule has 1 heterocycles. The number of nitrogens with one attached hydrogen (secondary N) is 1. The van der Waals surface area contributed by atoms with Crippen molar-refractivity contribution in [3.05, 3.63) is 41.7 Å². The van der Waals surface area contributed by atoms with Crippen LogP contribution in [0.15, 0.2) is 41.8 Å². The third-order valence-electron chi connectivity index (χ3n) is 3.27. The Balaban J connectivity index is 1.74. The van der Waals surface area contributed by atoms with Crippen molar-refractivity contribution in [1.82, 2.24) is 14.9 Å². The molecule has 0 saturated heterocycles. The van der Waals surface area contributed by atoms with E-state index in [-0.39, 0.29) is 11.2 Å². The van der Waals surface area contributed by atoms with Crippen LogP contribution in [0.5, 0.6) is 0 Å². The summed E-state index contributed by atoms with van der Waals surface area (Å²) in [5.41, 5.74) is 0.942. The minimum atomic E-state index is -0.175. The minimum Gasteiger partial charge on any atom is -0.352 e. The number of benzene rings is 1. The fourth-order valence-electron chi connectivity index (χ4n) is 1.96. The number of carbonyl (C=O) groups is 1. The van der Waals surface area contributed by atoms with Crippen LogP contribution >= 0.6 is 23.4 Å². The summed E-state index contributed by atoms with van der Waals surface area (Å²) in [5.74, 6) is 0.0724. The zero-order valence-electron chi connectivity index (χ0n) is 11.6. The van der Waals surface area contributed by atoms with Gasteiger partial charge in [0.15, 0.2) is 5.16 Å². The summed E-state index contributed by atoms with van der Waals surface area (Å²) in [4.78, 5) is 16.4. The van der Waals surface area contributed by atoms with Gasteiger partial charge in [0.25, 0.3) is 0 Å². The Morgan fingerprint density at radius 1 is 1.52 bits per heavy atom. The molecule has 0 bridgehead atoms. The van der Waals surface area contributed by atoms with Crippen LogP contribution in [-0.2, 0) is 4.79 Å². The van der Waals surface area contributed by atoms with E-state index in [2.05, 4.69) is 10.3 Å². The lowest BCUT2D eigenvalue weighted by atomic mass is 10.3. The van der Waals surface area contributed by atoms with Gasteiger partial charge in [-0.3, -0.25) is 9.36 Å². The van der Waals surface area contributed by atoms with Gasteiger partial charge in [0.05, 0.1) is 5.25 Å². The summed E-state index contributed by atoms with van der Waals surface area (Å²) in [6, 6.07) is 7.96. The van der Waals surface area contributed by atoms with Gasteiger partial charge in [-0.25, -0.2) is 4.98 Å². The Hall–Kier alpha value is -1.46. The Labute approximate surface area is 132 Å². The SMILES string of the molecule is CC(Sc1nccn1-c1cccc(Cl)c1)C(=O)NC1CC1. The van der Waals surface area contributed by atoms with E-state index in [4.69, 9.17) is 11.6 Å². The van der Waals surface area contributed by atoms with Crippen molar-refractivity contribution in [3.63, 3.8) is 0 Å². The summed E-state index contributed by atoms with van der Waals surface area (Å²) in [6.07, 6.45) is 5.80. The average Bonchev–Trinajstić information content (AvgIpc) is 3.15. The molecule has 21 heavy (non-hydrogen) atoms. The van der Waals surface area contributed by atoms with E-state index >= 15 is 0 Å². The number of aromatic nitrogens is 2. The number of amides is 1. The molecular weight excluding hydrogens is 306 g/mol. The van der Waals surface area contributed by atoms with Crippen molar-refractivity contribution in [2.45, 2.75) is 36.2 Å². The maximum absolute atomic E-state index is 12.0. The van der Waals surface area contributed by atoms with Crippen molar-refractivity contribution < 1.29 is 4.79 Å². The average molecular weight is 322 g/mol. The third kappa shape index (κ3) is 3.60. The molecule has 2 aromatic rings. The Morgan fingerprint density at radius 3 is 3.05 bits per heavy atom. The lowest BCUT2D eigenvalue weighted by Crippen LogP contribution is -2.32. The van der Waals surface area contributed by atoms with E-state index in [0.29, 0.717) is 11.1 Å². The smallest absolute Gasteiger partial charge is 0.233 e. The number of carbonyl (C=O) groups excluding carboxylic acids is 1. The molecule has 1 aromatic carbocycles. The van der Waals surface area contributed by atoms with E-state index in [9.17, 15) is 4.79 Å². The van der Waals surface area contributed by atoms with Gasteiger partial charge in [-0.05, 0) is 38.0 Å². The minimum absolute atomic E-state index is 0.0724. The van der Waals surface area contributed by atoms with E-state index in [0.717, 1.165) is 23.7 Å². The summed E-state index contributed by atoms with van der Waals surface area (Å²) in [5, 5.41) is 4.31. The van der Waals surface area contributed by atoms with Gasteiger partial charge in [0.2, 0.25) is 5.91 Å². The normalized spacial score (nSPS) is 15.7. The van der Waals surface area contributed by atoms with E-state index in [1.54, 1.807) is 6.20 Å². The maximum Gasteiger partial charge on any atom is 0.233 e. The number of halogens is 1. The number of thioether (sulfide) groups is 1. The van der Waals surface area contributed by atoms with Gasteiger partial charge in [-0.1, -0.05) is 29.4 Å². The van der Waals surface area contributed by atoms with Crippen molar-refractivity contribution in [3.8, 4) is 5.69 Å². The van der Waals surface area contributed by atoms with Crippen molar-refractivity contribution in [2.24, 2.45) is 0 Å². The lowest BCUT2D eigenvalue weighted by Gasteiger charge is -2.13. The zero-order valence-corrected chi connectivity index (χ0v) is 13.2. The Kier molecular flexibility index (Phi) is 4.22. The van der Waals surface area contributed by atoms with Crippen LogP contribution in [0.4, 0.5) is 0 Å². The number of rotatable bonds is 5. The molecular formula is C15H16ClN3OS. The van der Waals surface area contributed by atoms with Gasteiger partial charge in [-0.15, -0.1) is 0 Å². The first-order valence-electron chi connectivity index (χ1n) is 6.90. The predicted octanol–water partition coefficient (Wildman–Crippen LogP) is 3.28. The number of hydrogen-bond donors (Lipinski definition) is 1. The maximum atomic E-state index is 12.0. The molecule has 4 nitrogen and oxygen atoms in total. The molecule has 1 amide bonds. The molecule has 0 aliphatic heterocycles. The van der Waals surface area contributed by atoms with Crippen molar-refractivity contribution in [1.29, 1.82) is 0 Å². The highest BCUT2D eigenvalue weighted by atomic mass is 35.5. The van der Waals surface area contributed by atoms with Crippen LogP contribution < -0.4 is 5.32 Å². The highest BCUT2D eigenvalue weighted by Gasteiger charge is 2.26. The van der Waals surface area contributed by atoms with Crippen LogP contribution in [0.25, 0.3) is 5.69 Å². The second-order valence-electron chi connectivity index (χ2n) is 5.10. The molecule has 1 aromatic heterocycles. The molecule has 110 valence electrons. The van der Waals surface area contributed by atoms with Crippen LogP contribution in [0.3, 0.4) is 0 Å². The highest BCUT2D eigenvalue weighted by Crippen LogP contribution is 2.27. The second kappa shape index (κ2) is 6.12. The number of nitrogens with zero attached hydrogens (tertiary/aromatic N) is 2. The van der Waals surface area contributed by atoms with Gasteiger partial charge >= 0.3 is 0 Å². The highest BCUT2D eigenvalue weighted by molar-refractivity contribution is 8.00. The molecule has 1 N–H and O–H groups in total. The standard InChI is InChI=1S/C15H16ClN3OS/c1-10(14(20)18-12-5-6-12)21-15-17-7-8-19(15)13-4-2-3-11(16)9-13/h2-4,7-10,12H,5-6H2,1H3,(H,18,20). The van der Waals surface area contributed by atoms with Crippen LogP contribution in [0.1, 0.15) is 19.8 Å². The monoisotopic (exact) mass is 321 g/mol. The summed E-state index contributed by atoms with van der Waals surface area (Å²) in [6.45, 7) is 1.90. The van der Waals surface area contributed by atoms with E-state index in [1.807, 2.05) is 42.0 Å². The first-order valence-corrected chi connectivity index (χ1v) is 8.15. The molecule has 1 fully saturated rings. The van der Waals surface area contributed by atoms with E-state index < -0.39 is 0 Å². The summed E-state index contributed by atoms with van der Waals surface area (Å²) >= 11 is 7.48. The molecule has 1 unspecified atom stereocenters. The quantitative estimate of drug-likeness (QED) is 0.860. The Morgan fingerprint density at radius 2 is 2.33 bits per heavy atom. The van der Waals surface area contributed by atoms with Gasteiger partial charge in [0, 0.05) is 29.1 Å². The van der Waals surface area contributed by atoms with Crippen LogP contribution in [-0.4, -0.2) is 26.8 Å².